The molecule has 0 radical (unpaired) electrons. The Hall–Kier alpha value is -2.05. The van der Waals surface area contributed by atoms with Gasteiger partial charge in [0, 0.05) is 37.4 Å². The molecule has 7 heteroatoms. The van der Waals surface area contributed by atoms with Crippen molar-refractivity contribution in [1.29, 1.82) is 0 Å². The van der Waals surface area contributed by atoms with Crippen LogP contribution in [0, 0.1) is 0 Å². The molecule has 1 saturated heterocycles. The molecule has 2 heterocycles. The first-order chi connectivity index (χ1) is 10.7. The van der Waals surface area contributed by atoms with Crippen molar-refractivity contribution in [2.24, 2.45) is 0 Å². The number of carbonyl (C=O) groups excluding carboxylic acids is 2. The van der Waals surface area contributed by atoms with Crippen LogP contribution in [0.4, 0.5) is 4.79 Å². The molecule has 22 heavy (non-hydrogen) atoms. The fourth-order valence-electron chi connectivity index (χ4n) is 3.11. The number of hydrogen-bond donors (Lipinski definition) is 1. The van der Waals surface area contributed by atoms with Gasteiger partial charge in [0.15, 0.2) is 5.69 Å². The zero-order chi connectivity index (χ0) is 15.5. The Morgan fingerprint density at radius 3 is 2.55 bits per heavy atom. The topological polar surface area (TPSA) is 78.5 Å². The molecule has 0 atom stereocenters. The second-order valence-electron chi connectivity index (χ2n) is 5.71. The molecule has 1 aliphatic carbocycles. The number of H-pyrrole nitrogens is 1. The molecule has 2 amide bonds. The zero-order valence-electron chi connectivity index (χ0n) is 12.9. The molecule has 1 fully saturated rings. The summed E-state index contributed by atoms with van der Waals surface area (Å²) in [6, 6.07) is 0. The molecular formula is C15H22N4O3. The number of aromatic nitrogens is 2. The predicted octanol–water partition coefficient (Wildman–Crippen LogP) is 1.20. The third-order valence-corrected chi connectivity index (χ3v) is 4.35. The summed E-state index contributed by atoms with van der Waals surface area (Å²) in [5.74, 6) is -0.0251. The number of carbonyl (C=O) groups is 2. The smallest absolute Gasteiger partial charge is 0.409 e. The van der Waals surface area contributed by atoms with Gasteiger partial charge in [0.05, 0.1) is 6.61 Å². The van der Waals surface area contributed by atoms with Crippen molar-refractivity contribution >= 4 is 12.0 Å². The van der Waals surface area contributed by atoms with Crippen LogP contribution in [0.15, 0.2) is 0 Å². The number of nitrogens with one attached hydrogen (secondary N) is 1. The lowest BCUT2D eigenvalue weighted by Gasteiger charge is -2.33. The van der Waals surface area contributed by atoms with Gasteiger partial charge in [-0.3, -0.25) is 9.89 Å². The highest BCUT2D eigenvalue weighted by Gasteiger charge is 2.29. The van der Waals surface area contributed by atoms with Gasteiger partial charge in [-0.15, -0.1) is 0 Å². The highest BCUT2D eigenvalue weighted by atomic mass is 16.6. The maximum atomic E-state index is 12.6. The SMILES string of the molecule is CCOC(=O)N1CCN(C(=O)c2n[nH]c3c2CCCC3)CC1. The van der Waals surface area contributed by atoms with E-state index in [1.165, 1.54) is 0 Å². The number of hydrogen-bond acceptors (Lipinski definition) is 4. The fraction of sp³-hybridized carbons (Fsp3) is 0.667. The van der Waals surface area contributed by atoms with Crippen molar-refractivity contribution in [2.45, 2.75) is 32.6 Å². The van der Waals surface area contributed by atoms with E-state index < -0.39 is 0 Å². The maximum absolute atomic E-state index is 12.6. The van der Waals surface area contributed by atoms with E-state index in [0.29, 0.717) is 38.5 Å². The molecule has 0 bridgehead atoms. The Kier molecular flexibility index (Phi) is 4.31. The lowest BCUT2D eigenvalue weighted by atomic mass is 9.95. The van der Waals surface area contributed by atoms with Crippen LogP contribution >= 0.6 is 0 Å². The first-order valence-corrected chi connectivity index (χ1v) is 7.97. The van der Waals surface area contributed by atoms with E-state index in [0.717, 1.165) is 36.9 Å². The Bertz CT molecular complexity index is 561. The van der Waals surface area contributed by atoms with Crippen molar-refractivity contribution in [3.05, 3.63) is 17.0 Å². The first kappa shape index (κ1) is 14.9. The molecular weight excluding hydrogens is 284 g/mol. The van der Waals surface area contributed by atoms with Crippen molar-refractivity contribution in [3.63, 3.8) is 0 Å². The van der Waals surface area contributed by atoms with Crippen LogP contribution in [-0.2, 0) is 17.6 Å². The van der Waals surface area contributed by atoms with Crippen LogP contribution in [0.5, 0.6) is 0 Å². The number of ether oxygens (including phenoxy) is 1. The van der Waals surface area contributed by atoms with Crippen LogP contribution in [0.3, 0.4) is 0 Å². The summed E-state index contributed by atoms with van der Waals surface area (Å²) in [6.45, 7) is 4.24. The molecule has 3 rings (SSSR count). The summed E-state index contributed by atoms with van der Waals surface area (Å²) < 4.78 is 4.99. The van der Waals surface area contributed by atoms with E-state index in [1.807, 2.05) is 0 Å². The summed E-state index contributed by atoms with van der Waals surface area (Å²) in [5.41, 5.74) is 2.77. The average molecular weight is 306 g/mol. The van der Waals surface area contributed by atoms with Crippen LogP contribution < -0.4 is 0 Å². The Morgan fingerprint density at radius 1 is 1.14 bits per heavy atom. The number of rotatable bonds is 2. The van der Waals surface area contributed by atoms with Crippen molar-refractivity contribution in [3.8, 4) is 0 Å². The summed E-state index contributed by atoms with van der Waals surface area (Å²) in [7, 11) is 0. The van der Waals surface area contributed by atoms with Crippen molar-refractivity contribution in [2.75, 3.05) is 32.8 Å². The fourth-order valence-corrected chi connectivity index (χ4v) is 3.11. The van der Waals surface area contributed by atoms with Crippen LogP contribution in [0.25, 0.3) is 0 Å². The van der Waals surface area contributed by atoms with Gasteiger partial charge >= 0.3 is 6.09 Å². The molecule has 2 aliphatic rings. The summed E-state index contributed by atoms with van der Waals surface area (Å²) in [6.07, 6.45) is 3.87. The Morgan fingerprint density at radius 2 is 1.82 bits per heavy atom. The largest absolute Gasteiger partial charge is 0.450 e. The van der Waals surface area contributed by atoms with E-state index in [9.17, 15) is 9.59 Å². The first-order valence-electron chi connectivity index (χ1n) is 7.97. The summed E-state index contributed by atoms with van der Waals surface area (Å²) in [4.78, 5) is 27.7. The molecule has 1 aliphatic heterocycles. The van der Waals surface area contributed by atoms with Crippen molar-refractivity contribution < 1.29 is 14.3 Å². The Labute approximate surface area is 129 Å². The molecule has 1 N–H and O–H groups in total. The van der Waals surface area contributed by atoms with E-state index in [2.05, 4.69) is 10.2 Å². The number of aryl methyl sites for hydroxylation is 1. The van der Waals surface area contributed by atoms with E-state index in [4.69, 9.17) is 4.74 Å². The van der Waals surface area contributed by atoms with E-state index in [-0.39, 0.29) is 12.0 Å². The number of amides is 2. The zero-order valence-corrected chi connectivity index (χ0v) is 12.9. The quantitative estimate of drug-likeness (QED) is 0.890. The second-order valence-corrected chi connectivity index (χ2v) is 5.71. The van der Waals surface area contributed by atoms with Crippen LogP contribution in [-0.4, -0.2) is 64.8 Å². The Balaban J connectivity index is 1.63. The standard InChI is InChI=1S/C15H22N4O3/c1-2-22-15(21)19-9-7-18(8-10-19)14(20)13-11-5-3-4-6-12(11)16-17-13/h2-10H2,1H3,(H,16,17). The van der Waals surface area contributed by atoms with Gasteiger partial charge < -0.3 is 14.5 Å². The van der Waals surface area contributed by atoms with E-state index in [1.54, 1.807) is 16.7 Å². The lowest BCUT2D eigenvalue weighted by molar-refractivity contribution is 0.0565. The van der Waals surface area contributed by atoms with Gasteiger partial charge in [-0.05, 0) is 32.6 Å². The van der Waals surface area contributed by atoms with Gasteiger partial charge in [-0.1, -0.05) is 0 Å². The monoisotopic (exact) mass is 306 g/mol. The molecule has 0 aromatic carbocycles. The van der Waals surface area contributed by atoms with Gasteiger partial charge in [0.1, 0.15) is 0 Å². The number of aromatic amines is 1. The normalized spacial score (nSPS) is 18.0. The van der Waals surface area contributed by atoms with Gasteiger partial charge in [0.25, 0.3) is 5.91 Å². The number of piperazine rings is 1. The summed E-state index contributed by atoms with van der Waals surface area (Å²) >= 11 is 0. The minimum Gasteiger partial charge on any atom is -0.450 e. The number of fused-ring (bicyclic) bond motifs is 1. The van der Waals surface area contributed by atoms with Gasteiger partial charge in [-0.2, -0.15) is 5.10 Å². The highest BCUT2D eigenvalue weighted by Crippen LogP contribution is 2.23. The third-order valence-electron chi connectivity index (χ3n) is 4.35. The predicted molar refractivity (Wildman–Crippen MR) is 79.7 cm³/mol. The van der Waals surface area contributed by atoms with Gasteiger partial charge in [0.2, 0.25) is 0 Å². The van der Waals surface area contributed by atoms with Gasteiger partial charge in [-0.25, -0.2) is 4.79 Å². The molecule has 1 aromatic heterocycles. The van der Waals surface area contributed by atoms with Crippen LogP contribution in [0.2, 0.25) is 0 Å². The molecule has 0 unspecified atom stereocenters. The van der Waals surface area contributed by atoms with E-state index >= 15 is 0 Å². The molecule has 120 valence electrons. The third kappa shape index (κ3) is 2.80. The molecule has 0 saturated carbocycles. The van der Waals surface area contributed by atoms with Crippen molar-refractivity contribution in [1.82, 2.24) is 20.0 Å². The highest BCUT2D eigenvalue weighted by molar-refractivity contribution is 5.94. The minimum atomic E-state index is -0.299. The average Bonchev–Trinajstić information content (AvgIpc) is 2.98. The molecule has 0 spiro atoms. The molecule has 1 aromatic rings. The lowest BCUT2D eigenvalue weighted by Crippen LogP contribution is -2.51. The minimum absolute atomic E-state index is 0.0251. The number of nitrogens with zero attached hydrogens (tertiary/aromatic N) is 3. The summed E-state index contributed by atoms with van der Waals surface area (Å²) in [5, 5.41) is 7.24. The molecule has 7 nitrogen and oxygen atoms in total. The maximum Gasteiger partial charge on any atom is 0.409 e. The van der Waals surface area contributed by atoms with Crippen LogP contribution in [0.1, 0.15) is 41.5 Å². The second kappa shape index (κ2) is 6.37.